The van der Waals surface area contributed by atoms with Crippen LogP contribution in [0.25, 0.3) is 0 Å². The quantitative estimate of drug-likeness (QED) is 0.495. The zero-order valence-electron chi connectivity index (χ0n) is 14.7. The van der Waals surface area contributed by atoms with Gasteiger partial charge >= 0.3 is 0 Å². The number of hydrogen-bond donors (Lipinski definition) is 0. The molecule has 3 nitrogen and oxygen atoms in total. The van der Waals surface area contributed by atoms with Crippen LogP contribution in [0.15, 0.2) is 24.3 Å². The number of benzene rings is 1. The highest BCUT2D eigenvalue weighted by molar-refractivity contribution is 5.30. The second kappa shape index (κ2) is 8.08. The number of nitriles is 1. The smallest absolute Gasteiger partial charge is 0.289 e. The Bertz CT molecular complexity index is 480. The molecule has 1 rings (SSSR count). The molecule has 0 saturated carbocycles. The molecule has 1 aromatic carbocycles. The van der Waals surface area contributed by atoms with Gasteiger partial charge in [-0.15, -0.1) is 0 Å². The lowest BCUT2D eigenvalue weighted by Gasteiger charge is -2.29. The maximum atomic E-state index is 8.58. The van der Waals surface area contributed by atoms with E-state index in [0.717, 1.165) is 12.2 Å². The van der Waals surface area contributed by atoms with Gasteiger partial charge in [-0.05, 0) is 41.4 Å². The zero-order valence-corrected chi connectivity index (χ0v) is 14.7. The van der Waals surface area contributed by atoms with Gasteiger partial charge in [-0.2, -0.15) is 5.26 Å². The molecule has 0 aliphatic heterocycles. The van der Waals surface area contributed by atoms with Crippen LogP contribution in [0.5, 0.6) is 5.75 Å². The van der Waals surface area contributed by atoms with Crippen molar-refractivity contribution in [2.45, 2.75) is 66.6 Å². The number of rotatable bonds is 7. The van der Waals surface area contributed by atoms with E-state index >= 15 is 0 Å². The van der Waals surface area contributed by atoms with Gasteiger partial charge in [0, 0.05) is 6.42 Å². The minimum absolute atomic E-state index is 0.304. The van der Waals surface area contributed by atoms with E-state index in [9.17, 15) is 0 Å². The fourth-order valence-corrected chi connectivity index (χ4v) is 2.59. The summed E-state index contributed by atoms with van der Waals surface area (Å²) in [5.74, 6) is 1.87. The molecule has 3 heteroatoms. The van der Waals surface area contributed by atoms with E-state index in [4.69, 9.17) is 14.7 Å². The van der Waals surface area contributed by atoms with Crippen molar-refractivity contribution in [1.29, 1.82) is 5.26 Å². The Labute approximate surface area is 135 Å². The van der Waals surface area contributed by atoms with Crippen LogP contribution >= 0.6 is 0 Å². The van der Waals surface area contributed by atoms with Crippen molar-refractivity contribution in [3.8, 4) is 12.0 Å². The molecule has 22 heavy (non-hydrogen) atoms. The molecular weight excluding hydrogens is 274 g/mol. The maximum Gasteiger partial charge on any atom is 0.289 e. The lowest BCUT2D eigenvalue weighted by molar-refractivity contribution is -0.0218. The summed E-state index contributed by atoms with van der Waals surface area (Å²) in [6.07, 6.45) is 2.96. The molecule has 0 bridgehead atoms. The van der Waals surface area contributed by atoms with Gasteiger partial charge in [0.1, 0.15) is 5.75 Å². The Kier molecular flexibility index (Phi) is 6.74. The molecular formula is C19H29NO2. The highest BCUT2D eigenvalue weighted by Crippen LogP contribution is 2.36. The van der Waals surface area contributed by atoms with Crippen LogP contribution in [0.4, 0.5) is 0 Å². The molecule has 122 valence electrons. The average Bonchev–Trinajstić information content (AvgIpc) is 2.44. The highest BCUT2D eigenvalue weighted by atomic mass is 16.7. The van der Waals surface area contributed by atoms with Crippen LogP contribution in [0.2, 0.25) is 0 Å². The minimum atomic E-state index is -0.508. The standard InChI is InChI=1S/C19H29NO2/c1-7-18(21-13-20)22-16-10-8-15(9-11-16)17(14(2)3)12-19(4,5)6/h8-11,14,17-18H,7,12H2,1-6H3. The van der Waals surface area contributed by atoms with E-state index in [1.165, 1.54) is 5.56 Å². The molecule has 2 atom stereocenters. The first-order valence-electron chi connectivity index (χ1n) is 8.08. The monoisotopic (exact) mass is 303 g/mol. The van der Waals surface area contributed by atoms with Gasteiger partial charge in [-0.1, -0.05) is 53.7 Å². The van der Waals surface area contributed by atoms with Gasteiger partial charge in [0.05, 0.1) is 0 Å². The van der Waals surface area contributed by atoms with E-state index in [1.54, 1.807) is 6.26 Å². The predicted octanol–water partition coefficient (Wildman–Crippen LogP) is 5.47. The van der Waals surface area contributed by atoms with E-state index in [2.05, 4.69) is 46.8 Å². The van der Waals surface area contributed by atoms with Crippen molar-refractivity contribution >= 4 is 0 Å². The first-order valence-corrected chi connectivity index (χ1v) is 8.08. The van der Waals surface area contributed by atoms with E-state index < -0.39 is 6.29 Å². The Morgan fingerprint density at radius 3 is 2.14 bits per heavy atom. The van der Waals surface area contributed by atoms with Crippen molar-refractivity contribution in [2.75, 3.05) is 0 Å². The van der Waals surface area contributed by atoms with E-state index in [1.807, 2.05) is 19.1 Å². The molecule has 0 amide bonds. The van der Waals surface area contributed by atoms with Gasteiger partial charge in [-0.3, -0.25) is 0 Å². The third kappa shape index (κ3) is 5.97. The fourth-order valence-electron chi connectivity index (χ4n) is 2.59. The molecule has 1 aromatic rings. The summed E-state index contributed by atoms with van der Waals surface area (Å²) in [7, 11) is 0. The predicted molar refractivity (Wildman–Crippen MR) is 89.5 cm³/mol. The Morgan fingerprint density at radius 1 is 1.14 bits per heavy atom. The van der Waals surface area contributed by atoms with Crippen molar-refractivity contribution < 1.29 is 9.47 Å². The second-order valence-electron chi connectivity index (χ2n) is 7.35. The summed E-state index contributed by atoms with van der Waals surface area (Å²) in [6, 6.07) is 8.20. The maximum absolute atomic E-state index is 8.58. The molecule has 0 aromatic heterocycles. The lowest BCUT2D eigenvalue weighted by atomic mass is 9.76. The Hall–Kier alpha value is -1.69. The second-order valence-corrected chi connectivity index (χ2v) is 7.35. The first kappa shape index (κ1) is 18.4. The highest BCUT2D eigenvalue weighted by Gasteiger charge is 2.23. The van der Waals surface area contributed by atoms with Crippen LogP contribution in [0.3, 0.4) is 0 Å². The molecule has 0 N–H and O–H groups in total. The fraction of sp³-hybridized carbons (Fsp3) is 0.632. The molecule has 0 aliphatic carbocycles. The van der Waals surface area contributed by atoms with E-state index in [-0.39, 0.29) is 0 Å². The Balaban J connectivity index is 2.83. The minimum Gasteiger partial charge on any atom is -0.454 e. The van der Waals surface area contributed by atoms with Gasteiger partial charge in [0.25, 0.3) is 12.5 Å². The molecule has 0 aliphatic rings. The summed E-state index contributed by atoms with van der Waals surface area (Å²) >= 11 is 0. The van der Waals surface area contributed by atoms with Crippen LogP contribution < -0.4 is 4.74 Å². The third-order valence-corrected chi connectivity index (χ3v) is 3.73. The lowest BCUT2D eigenvalue weighted by Crippen LogP contribution is -2.18. The first-order chi connectivity index (χ1) is 10.3. The summed E-state index contributed by atoms with van der Waals surface area (Å²) < 4.78 is 10.5. The SMILES string of the molecule is CCC(OC#N)Oc1ccc(C(CC(C)(C)C)C(C)C)cc1. The average molecular weight is 303 g/mol. The molecule has 0 saturated heterocycles. The van der Waals surface area contributed by atoms with Crippen molar-refractivity contribution in [1.82, 2.24) is 0 Å². The van der Waals surface area contributed by atoms with Gasteiger partial charge in [-0.25, -0.2) is 0 Å². The number of ether oxygens (including phenoxy) is 2. The van der Waals surface area contributed by atoms with Crippen LogP contribution in [0, 0.1) is 22.9 Å². The van der Waals surface area contributed by atoms with Crippen LogP contribution in [-0.2, 0) is 4.74 Å². The summed E-state index contributed by atoms with van der Waals surface area (Å²) in [6.45, 7) is 13.3. The summed E-state index contributed by atoms with van der Waals surface area (Å²) in [5.41, 5.74) is 1.64. The molecule has 0 fully saturated rings. The number of hydrogen-bond acceptors (Lipinski definition) is 3. The largest absolute Gasteiger partial charge is 0.454 e. The number of nitrogens with zero attached hydrogens (tertiary/aromatic N) is 1. The topological polar surface area (TPSA) is 42.2 Å². The van der Waals surface area contributed by atoms with Crippen LogP contribution in [-0.4, -0.2) is 6.29 Å². The van der Waals surface area contributed by atoms with Crippen molar-refractivity contribution in [3.63, 3.8) is 0 Å². The Morgan fingerprint density at radius 2 is 1.73 bits per heavy atom. The molecule has 0 radical (unpaired) electrons. The molecule has 0 spiro atoms. The van der Waals surface area contributed by atoms with E-state index in [0.29, 0.717) is 23.7 Å². The van der Waals surface area contributed by atoms with Crippen molar-refractivity contribution in [2.24, 2.45) is 11.3 Å². The van der Waals surface area contributed by atoms with Crippen molar-refractivity contribution in [3.05, 3.63) is 29.8 Å². The third-order valence-electron chi connectivity index (χ3n) is 3.73. The van der Waals surface area contributed by atoms with Gasteiger partial charge in [0.15, 0.2) is 0 Å². The summed E-state index contributed by atoms with van der Waals surface area (Å²) in [4.78, 5) is 0. The van der Waals surface area contributed by atoms with Gasteiger partial charge < -0.3 is 9.47 Å². The van der Waals surface area contributed by atoms with Crippen LogP contribution in [0.1, 0.15) is 65.9 Å². The summed E-state index contributed by atoms with van der Waals surface area (Å²) in [5, 5.41) is 8.58. The normalized spacial score (nSPS) is 14.3. The zero-order chi connectivity index (χ0) is 16.8. The molecule has 2 unspecified atom stereocenters. The molecule has 0 heterocycles. The van der Waals surface area contributed by atoms with Gasteiger partial charge in [0.2, 0.25) is 0 Å².